The Morgan fingerprint density at radius 3 is 2.71 bits per heavy atom. The normalized spacial score (nSPS) is 21.9. The van der Waals surface area contributed by atoms with E-state index in [0.29, 0.717) is 0 Å². The average molecular weight is 193 g/mol. The van der Waals surface area contributed by atoms with Crippen LogP contribution in [0, 0.1) is 0 Å². The maximum atomic E-state index is 5.63. The average Bonchev–Trinajstić information content (AvgIpc) is 2.30. The van der Waals surface area contributed by atoms with E-state index < -0.39 is 0 Å². The fourth-order valence-electron chi connectivity index (χ4n) is 1.60. The van der Waals surface area contributed by atoms with Gasteiger partial charge in [-0.05, 0) is 17.7 Å². The molecule has 0 aliphatic carbocycles. The summed E-state index contributed by atoms with van der Waals surface area (Å²) in [4.78, 5) is 0. The number of methoxy groups -OCH3 is 1. The molecule has 3 nitrogen and oxygen atoms in total. The van der Waals surface area contributed by atoms with E-state index >= 15 is 0 Å². The highest BCUT2D eigenvalue weighted by molar-refractivity contribution is 5.28. The predicted octanol–water partition coefficient (Wildman–Crippen LogP) is 1.36. The minimum absolute atomic E-state index is 0.189. The molecule has 1 atom stereocenters. The second kappa shape index (κ2) is 4.44. The molecule has 14 heavy (non-hydrogen) atoms. The molecule has 1 N–H and O–H groups in total. The minimum Gasteiger partial charge on any atom is -0.497 e. The molecule has 2 rings (SSSR count). The Bertz CT molecular complexity index is 278. The molecule has 3 heteroatoms. The molecular weight excluding hydrogens is 178 g/mol. The van der Waals surface area contributed by atoms with Crippen LogP contribution in [-0.4, -0.2) is 26.8 Å². The molecule has 1 aromatic rings. The van der Waals surface area contributed by atoms with Gasteiger partial charge in [0.15, 0.2) is 0 Å². The van der Waals surface area contributed by atoms with Crippen LogP contribution in [0.5, 0.6) is 5.75 Å². The molecule has 1 saturated heterocycles. The van der Waals surface area contributed by atoms with Gasteiger partial charge in [0.2, 0.25) is 0 Å². The standard InChI is InChI=1S/C11H15NO2/c1-13-10-4-2-9(3-5-10)11-8-12-6-7-14-11/h2-5,11-12H,6-8H2,1H3/t11-/m1/s1. The van der Waals surface area contributed by atoms with Crippen LogP contribution in [0.1, 0.15) is 11.7 Å². The molecule has 0 radical (unpaired) electrons. The van der Waals surface area contributed by atoms with E-state index in [4.69, 9.17) is 9.47 Å². The Kier molecular flexibility index (Phi) is 3.01. The van der Waals surface area contributed by atoms with Gasteiger partial charge in [0, 0.05) is 13.1 Å². The summed E-state index contributed by atoms with van der Waals surface area (Å²) < 4.78 is 10.7. The Hall–Kier alpha value is -1.06. The topological polar surface area (TPSA) is 30.5 Å². The number of ether oxygens (including phenoxy) is 2. The highest BCUT2D eigenvalue weighted by atomic mass is 16.5. The summed E-state index contributed by atoms with van der Waals surface area (Å²) in [6.07, 6.45) is 0.189. The number of hydrogen-bond acceptors (Lipinski definition) is 3. The van der Waals surface area contributed by atoms with Crippen LogP contribution in [0.4, 0.5) is 0 Å². The lowest BCUT2D eigenvalue weighted by atomic mass is 10.1. The molecule has 0 aromatic heterocycles. The van der Waals surface area contributed by atoms with Crippen molar-refractivity contribution >= 4 is 0 Å². The van der Waals surface area contributed by atoms with Crippen molar-refractivity contribution in [1.29, 1.82) is 0 Å². The minimum atomic E-state index is 0.189. The number of hydrogen-bond donors (Lipinski definition) is 1. The summed E-state index contributed by atoms with van der Waals surface area (Å²) in [6.45, 7) is 2.63. The Morgan fingerprint density at radius 2 is 2.14 bits per heavy atom. The summed E-state index contributed by atoms with van der Waals surface area (Å²) >= 11 is 0. The number of benzene rings is 1. The van der Waals surface area contributed by atoms with Gasteiger partial charge in [-0.15, -0.1) is 0 Å². The first-order valence-corrected chi connectivity index (χ1v) is 4.86. The van der Waals surface area contributed by atoms with Crippen molar-refractivity contribution < 1.29 is 9.47 Å². The summed E-state index contributed by atoms with van der Waals surface area (Å²) in [5.41, 5.74) is 1.21. The van der Waals surface area contributed by atoms with Crippen molar-refractivity contribution in [2.45, 2.75) is 6.10 Å². The lowest BCUT2D eigenvalue weighted by Gasteiger charge is -2.23. The Balaban J connectivity index is 2.07. The molecule has 1 aliphatic heterocycles. The maximum absolute atomic E-state index is 5.63. The van der Waals surface area contributed by atoms with Crippen LogP contribution in [0.2, 0.25) is 0 Å². The van der Waals surface area contributed by atoms with Gasteiger partial charge in [0.25, 0.3) is 0 Å². The Morgan fingerprint density at radius 1 is 1.36 bits per heavy atom. The molecule has 0 saturated carbocycles. The van der Waals surface area contributed by atoms with E-state index in [2.05, 4.69) is 17.4 Å². The third-order valence-electron chi connectivity index (χ3n) is 2.42. The highest BCUT2D eigenvalue weighted by Gasteiger charge is 2.14. The Labute approximate surface area is 84.0 Å². The van der Waals surface area contributed by atoms with Crippen LogP contribution >= 0.6 is 0 Å². The quantitative estimate of drug-likeness (QED) is 0.769. The molecule has 0 spiro atoms. The molecule has 1 fully saturated rings. The fraction of sp³-hybridized carbons (Fsp3) is 0.455. The molecule has 1 aromatic carbocycles. The number of morpholine rings is 1. The fourth-order valence-corrected chi connectivity index (χ4v) is 1.60. The highest BCUT2D eigenvalue weighted by Crippen LogP contribution is 2.21. The van der Waals surface area contributed by atoms with E-state index in [0.717, 1.165) is 25.4 Å². The lowest BCUT2D eigenvalue weighted by molar-refractivity contribution is 0.0277. The van der Waals surface area contributed by atoms with Crippen LogP contribution in [-0.2, 0) is 4.74 Å². The molecule has 1 heterocycles. The van der Waals surface area contributed by atoms with Crippen molar-refractivity contribution in [1.82, 2.24) is 5.32 Å². The predicted molar refractivity (Wildman–Crippen MR) is 54.6 cm³/mol. The van der Waals surface area contributed by atoms with E-state index in [1.54, 1.807) is 7.11 Å². The summed E-state index contributed by atoms with van der Waals surface area (Å²) in [5.74, 6) is 0.887. The van der Waals surface area contributed by atoms with Gasteiger partial charge in [0.05, 0.1) is 19.8 Å². The first kappa shape index (κ1) is 9.49. The van der Waals surface area contributed by atoms with Crippen molar-refractivity contribution in [2.24, 2.45) is 0 Å². The largest absolute Gasteiger partial charge is 0.497 e. The van der Waals surface area contributed by atoms with Crippen LogP contribution in [0.15, 0.2) is 24.3 Å². The lowest BCUT2D eigenvalue weighted by Crippen LogP contribution is -2.33. The summed E-state index contributed by atoms with van der Waals surface area (Å²) in [6, 6.07) is 8.04. The van der Waals surface area contributed by atoms with Crippen LogP contribution in [0.25, 0.3) is 0 Å². The van der Waals surface area contributed by atoms with E-state index in [1.807, 2.05) is 12.1 Å². The van der Waals surface area contributed by atoms with E-state index in [1.165, 1.54) is 5.56 Å². The van der Waals surface area contributed by atoms with E-state index in [-0.39, 0.29) is 6.10 Å². The van der Waals surface area contributed by atoms with Gasteiger partial charge in [0.1, 0.15) is 5.75 Å². The van der Waals surface area contributed by atoms with Gasteiger partial charge in [-0.2, -0.15) is 0 Å². The second-order valence-electron chi connectivity index (χ2n) is 3.34. The van der Waals surface area contributed by atoms with Gasteiger partial charge >= 0.3 is 0 Å². The van der Waals surface area contributed by atoms with Gasteiger partial charge in [-0.1, -0.05) is 12.1 Å². The zero-order valence-corrected chi connectivity index (χ0v) is 8.32. The maximum Gasteiger partial charge on any atom is 0.118 e. The molecule has 1 aliphatic rings. The first-order chi connectivity index (χ1) is 6.90. The van der Waals surface area contributed by atoms with Crippen molar-refractivity contribution in [3.63, 3.8) is 0 Å². The zero-order valence-electron chi connectivity index (χ0n) is 8.32. The first-order valence-electron chi connectivity index (χ1n) is 4.86. The van der Waals surface area contributed by atoms with Crippen molar-refractivity contribution in [3.05, 3.63) is 29.8 Å². The molecular formula is C11H15NO2. The molecule has 76 valence electrons. The van der Waals surface area contributed by atoms with Gasteiger partial charge < -0.3 is 14.8 Å². The smallest absolute Gasteiger partial charge is 0.118 e. The summed E-state index contributed by atoms with van der Waals surface area (Å²) in [7, 11) is 1.67. The van der Waals surface area contributed by atoms with Crippen molar-refractivity contribution in [2.75, 3.05) is 26.8 Å². The second-order valence-corrected chi connectivity index (χ2v) is 3.34. The third-order valence-corrected chi connectivity index (χ3v) is 2.42. The third kappa shape index (κ3) is 2.05. The molecule has 0 bridgehead atoms. The van der Waals surface area contributed by atoms with Crippen LogP contribution in [0.3, 0.4) is 0 Å². The van der Waals surface area contributed by atoms with Gasteiger partial charge in [-0.3, -0.25) is 0 Å². The number of nitrogens with one attached hydrogen (secondary N) is 1. The molecule has 0 unspecified atom stereocenters. The van der Waals surface area contributed by atoms with Gasteiger partial charge in [-0.25, -0.2) is 0 Å². The monoisotopic (exact) mass is 193 g/mol. The SMILES string of the molecule is COc1ccc([C@H]2CNCCO2)cc1. The molecule has 0 amide bonds. The zero-order chi connectivity index (χ0) is 9.80. The van der Waals surface area contributed by atoms with E-state index in [9.17, 15) is 0 Å². The van der Waals surface area contributed by atoms with Crippen LogP contribution < -0.4 is 10.1 Å². The van der Waals surface area contributed by atoms with Crippen molar-refractivity contribution in [3.8, 4) is 5.75 Å². The summed E-state index contributed by atoms with van der Waals surface area (Å²) in [5, 5.41) is 3.31. The number of rotatable bonds is 2.